The predicted molar refractivity (Wildman–Crippen MR) is 58.6 cm³/mol. The Morgan fingerprint density at radius 2 is 2.27 bits per heavy atom. The normalized spacial score (nSPS) is 28.2. The highest BCUT2D eigenvalue weighted by Gasteiger charge is 2.26. The predicted octanol–water partition coefficient (Wildman–Crippen LogP) is 2.15. The first-order valence-corrected chi connectivity index (χ1v) is 5.67. The third kappa shape index (κ3) is 2.41. The van der Waals surface area contributed by atoms with Crippen molar-refractivity contribution in [2.24, 2.45) is 0 Å². The molecule has 0 spiro atoms. The number of hydrogen-bond acceptors (Lipinski definition) is 3. The van der Waals surface area contributed by atoms with Gasteiger partial charge in [0.25, 0.3) is 0 Å². The lowest BCUT2D eigenvalue weighted by Crippen LogP contribution is -2.37. The topological polar surface area (TPSA) is 45.4 Å². The zero-order valence-electron chi connectivity index (χ0n) is 9.36. The molecule has 0 amide bonds. The molecule has 1 saturated carbocycles. The van der Waals surface area contributed by atoms with Crippen LogP contribution in [0, 0.1) is 6.92 Å². The van der Waals surface area contributed by atoms with E-state index in [1.807, 2.05) is 19.1 Å². The Morgan fingerprint density at radius 1 is 1.47 bits per heavy atom. The Labute approximate surface area is 90.5 Å². The summed E-state index contributed by atoms with van der Waals surface area (Å²) in [6.45, 7) is 4.02. The number of furan rings is 1. The maximum absolute atomic E-state index is 9.70. The van der Waals surface area contributed by atoms with Gasteiger partial charge in [0.05, 0.1) is 12.1 Å². The molecular formula is C12H19NO2. The van der Waals surface area contributed by atoms with E-state index in [2.05, 4.69) is 12.2 Å². The fraction of sp³-hybridized carbons (Fsp3) is 0.667. The highest BCUT2D eigenvalue weighted by atomic mass is 16.3. The van der Waals surface area contributed by atoms with E-state index >= 15 is 0 Å². The first-order valence-electron chi connectivity index (χ1n) is 5.67. The molecule has 1 aromatic heterocycles. The summed E-state index contributed by atoms with van der Waals surface area (Å²) >= 11 is 0. The van der Waals surface area contributed by atoms with Gasteiger partial charge in [-0.3, -0.25) is 0 Å². The van der Waals surface area contributed by atoms with Crippen molar-refractivity contribution < 1.29 is 9.52 Å². The molecule has 2 N–H and O–H groups in total. The van der Waals surface area contributed by atoms with Crippen LogP contribution in [0.3, 0.4) is 0 Å². The fourth-order valence-electron chi connectivity index (χ4n) is 2.22. The molecule has 1 unspecified atom stereocenters. The van der Waals surface area contributed by atoms with Crippen molar-refractivity contribution in [2.45, 2.75) is 51.3 Å². The van der Waals surface area contributed by atoms with Crippen LogP contribution in [-0.2, 0) is 0 Å². The van der Waals surface area contributed by atoms with E-state index in [0.717, 1.165) is 30.8 Å². The smallest absolute Gasteiger partial charge is 0.120 e. The molecule has 3 atom stereocenters. The van der Waals surface area contributed by atoms with Gasteiger partial charge in [-0.1, -0.05) is 0 Å². The van der Waals surface area contributed by atoms with E-state index in [1.54, 1.807) is 0 Å². The van der Waals surface area contributed by atoms with Crippen LogP contribution in [0.15, 0.2) is 16.5 Å². The van der Waals surface area contributed by atoms with Crippen molar-refractivity contribution >= 4 is 0 Å². The summed E-state index contributed by atoms with van der Waals surface area (Å²) in [5, 5.41) is 13.1. The molecule has 1 heterocycles. The van der Waals surface area contributed by atoms with Gasteiger partial charge in [-0.25, -0.2) is 0 Å². The number of hydrogen-bond donors (Lipinski definition) is 2. The van der Waals surface area contributed by atoms with Crippen LogP contribution in [0.1, 0.15) is 43.7 Å². The highest BCUT2D eigenvalue weighted by Crippen LogP contribution is 2.23. The maximum atomic E-state index is 9.70. The molecule has 1 aromatic rings. The minimum absolute atomic E-state index is 0.177. The van der Waals surface area contributed by atoms with Gasteiger partial charge in [0, 0.05) is 6.04 Å². The SMILES string of the molecule is Cc1ccc(C(C)N[C@@H]2CCC[C@H]2O)o1. The molecule has 0 aromatic carbocycles. The Balaban J connectivity index is 1.94. The molecule has 1 aliphatic carbocycles. The van der Waals surface area contributed by atoms with Crippen molar-refractivity contribution in [2.75, 3.05) is 0 Å². The second kappa shape index (κ2) is 4.37. The molecular weight excluding hydrogens is 190 g/mol. The van der Waals surface area contributed by atoms with E-state index < -0.39 is 0 Å². The zero-order valence-corrected chi connectivity index (χ0v) is 9.36. The van der Waals surface area contributed by atoms with Gasteiger partial charge in [-0.2, -0.15) is 0 Å². The fourth-order valence-corrected chi connectivity index (χ4v) is 2.22. The second-order valence-corrected chi connectivity index (χ2v) is 4.44. The number of rotatable bonds is 3. The average Bonchev–Trinajstić information content (AvgIpc) is 2.77. The first-order chi connectivity index (χ1) is 7.16. The number of nitrogens with one attached hydrogen (secondary N) is 1. The van der Waals surface area contributed by atoms with Crippen molar-refractivity contribution in [3.8, 4) is 0 Å². The molecule has 1 aliphatic rings. The molecule has 0 bridgehead atoms. The Morgan fingerprint density at radius 3 is 2.80 bits per heavy atom. The summed E-state index contributed by atoms with van der Waals surface area (Å²) in [5.74, 6) is 1.89. The number of aliphatic hydroxyl groups excluding tert-OH is 1. The minimum atomic E-state index is -0.191. The van der Waals surface area contributed by atoms with Crippen LogP contribution in [0.2, 0.25) is 0 Å². The zero-order chi connectivity index (χ0) is 10.8. The van der Waals surface area contributed by atoms with Gasteiger partial charge < -0.3 is 14.8 Å². The van der Waals surface area contributed by atoms with Crippen molar-refractivity contribution in [1.29, 1.82) is 0 Å². The van der Waals surface area contributed by atoms with Crippen LogP contribution >= 0.6 is 0 Å². The third-order valence-corrected chi connectivity index (χ3v) is 3.13. The summed E-state index contributed by atoms with van der Waals surface area (Å²) in [6.07, 6.45) is 2.90. The molecule has 1 fully saturated rings. The summed E-state index contributed by atoms with van der Waals surface area (Å²) in [7, 11) is 0. The van der Waals surface area contributed by atoms with Crippen molar-refractivity contribution in [3.05, 3.63) is 23.7 Å². The van der Waals surface area contributed by atoms with Gasteiger partial charge in [-0.05, 0) is 45.2 Å². The Kier molecular flexibility index (Phi) is 3.12. The van der Waals surface area contributed by atoms with Crippen LogP contribution in [0.25, 0.3) is 0 Å². The highest BCUT2D eigenvalue weighted by molar-refractivity contribution is 5.09. The minimum Gasteiger partial charge on any atom is -0.465 e. The largest absolute Gasteiger partial charge is 0.465 e. The average molecular weight is 209 g/mol. The maximum Gasteiger partial charge on any atom is 0.120 e. The van der Waals surface area contributed by atoms with Gasteiger partial charge in [0.1, 0.15) is 11.5 Å². The molecule has 15 heavy (non-hydrogen) atoms. The third-order valence-electron chi connectivity index (χ3n) is 3.13. The van der Waals surface area contributed by atoms with Gasteiger partial charge in [0.2, 0.25) is 0 Å². The quantitative estimate of drug-likeness (QED) is 0.801. The summed E-state index contributed by atoms with van der Waals surface area (Å²) in [6, 6.07) is 4.37. The summed E-state index contributed by atoms with van der Waals surface area (Å²) < 4.78 is 5.55. The van der Waals surface area contributed by atoms with E-state index in [0.29, 0.717) is 0 Å². The second-order valence-electron chi connectivity index (χ2n) is 4.44. The lowest BCUT2D eigenvalue weighted by Gasteiger charge is -2.20. The van der Waals surface area contributed by atoms with Crippen molar-refractivity contribution in [1.82, 2.24) is 5.32 Å². The van der Waals surface area contributed by atoms with Gasteiger partial charge >= 0.3 is 0 Å². The van der Waals surface area contributed by atoms with Crippen LogP contribution in [-0.4, -0.2) is 17.3 Å². The van der Waals surface area contributed by atoms with Gasteiger partial charge in [-0.15, -0.1) is 0 Å². The molecule has 84 valence electrons. The lowest BCUT2D eigenvalue weighted by molar-refractivity contribution is 0.142. The van der Waals surface area contributed by atoms with E-state index in [4.69, 9.17) is 4.42 Å². The standard InChI is InChI=1S/C12H19NO2/c1-8-6-7-12(15-8)9(2)13-10-4-3-5-11(10)14/h6-7,9-11,13-14H,3-5H2,1-2H3/t9?,10-,11-/m1/s1. The van der Waals surface area contributed by atoms with E-state index in [-0.39, 0.29) is 18.2 Å². The van der Waals surface area contributed by atoms with Crippen molar-refractivity contribution in [3.63, 3.8) is 0 Å². The molecule has 0 aliphatic heterocycles. The number of aryl methyl sites for hydroxylation is 1. The molecule has 2 rings (SSSR count). The van der Waals surface area contributed by atoms with E-state index in [1.165, 1.54) is 0 Å². The van der Waals surface area contributed by atoms with E-state index in [9.17, 15) is 5.11 Å². The summed E-state index contributed by atoms with van der Waals surface area (Å²) in [5.41, 5.74) is 0. The Bertz CT molecular complexity index is 321. The van der Waals surface area contributed by atoms with Crippen LogP contribution in [0.4, 0.5) is 0 Å². The lowest BCUT2D eigenvalue weighted by atomic mass is 10.1. The van der Waals surface area contributed by atoms with Gasteiger partial charge in [0.15, 0.2) is 0 Å². The molecule has 3 heteroatoms. The molecule has 0 saturated heterocycles. The van der Waals surface area contributed by atoms with Crippen LogP contribution < -0.4 is 5.32 Å². The first kappa shape index (κ1) is 10.7. The Hall–Kier alpha value is -0.800. The van der Waals surface area contributed by atoms with Crippen LogP contribution in [0.5, 0.6) is 0 Å². The molecule has 0 radical (unpaired) electrons. The monoisotopic (exact) mass is 209 g/mol. The molecule has 3 nitrogen and oxygen atoms in total. The number of aliphatic hydroxyl groups is 1. The summed E-state index contributed by atoms with van der Waals surface area (Å²) in [4.78, 5) is 0.